The number of hydrogen-bond donors (Lipinski definition) is 2. The van der Waals surface area contributed by atoms with Crippen LogP contribution in [0.25, 0.3) is 27.5 Å². The largest absolute Gasteiger partial charge is 0.324 e. The van der Waals surface area contributed by atoms with Crippen LogP contribution in [0.2, 0.25) is 0 Å². The molecule has 1 aromatic heterocycles. The van der Waals surface area contributed by atoms with Crippen LogP contribution in [-0.2, 0) is 6.42 Å². The van der Waals surface area contributed by atoms with Gasteiger partial charge in [-0.05, 0) is 60.1 Å². The van der Waals surface area contributed by atoms with Gasteiger partial charge < -0.3 is 10.3 Å². The predicted octanol–water partition coefficient (Wildman–Crippen LogP) is 6.06. The quantitative estimate of drug-likeness (QED) is 0.395. The number of hydrogen-bond acceptors (Lipinski definition) is 2. The van der Waals surface area contributed by atoms with Crippen LogP contribution in [-0.4, -0.2) is 10.3 Å². The van der Waals surface area contributed by atoms with E-state index in [0.29, 0.717) is 0 Å². The van der Waals surface area contributed by atoms with E-state index in [1.807, 2.05) is 0 Å². The fourth-order valence-corrected chi connectivity index (χ4v) is 4.19. The Balaban J connectivity index is 1.87. The minimum absolute atomic E-state index is 0.117. The molecule has 4 rings (SSSR count). The Labute approximate surface area is 166 Å². The van der Waals surface area contributed by atoms with E-state index in [0.717, 1.165) is 25.0 Å². The Bertz CT molecular complexity index is 1060. The average Bonchev–Trinajstić information content (AvgIpc) is 3.02. The Morgan fingerprint density at radius 1 is 0.926 bits per heavy atom. The first-order chi connectivity index (χ1) is 13.2. The first-order valence-corrected chi connectivity index (χ1v) is 10.3. The number of nitrogens with zero attached hydrogens (tertiary/aromatic N) is 1. The highest BCUT2D eigenvalue weighted by Crippen LogP contribution is 2.33. The fourth-order valence-electron chi connectivity index (χ4n) is 3.93. The zero-order valence-corrected chi connectivity index (χ0v) is 16.6. The highest BCUT2D eigenvalue weighted by atomic mass is 32.1. The number of para-hydroxylation sites is 1. The van der Waals surface area contributed by atoms with Gasteiger partial charge in [-0.1, -0.05) is 49.7 Å². The zero-order chi connectivity index (χ0) is 18.8. The van der Waals surface area contributed by atoms with Gasteiger partial charge in [-0.25, -0.2) is 0 Å². The van der Waals surface area contributed by atoms with Crippen LogP contribution in [0.3, 0.4) is 0 Å². The van der Waals surface area contributed by atoms with Crippen molar-refractivity contribution < 1.29 is 0 Å². The molecule has 27 heavy (non-hydrogen) atoms. The third-order valence-corrected chi connectivity index (χ3v) is 5.54. The van der Waals surface area contributed by atoms with E-state index in [4.69, 9.17) is 5.73 Å². The van der Waals surface area contributed by atoms with E-state index in [1.165, 1.54) is 38.6 Å². The van der Waals surface area contributed by atoms with Gasteiger partial charge in [0.25, 0.3) is 0 Å². The van der Waals surface area contributed by atoms with Crippen molar-refractivity contribution in [3.63, 3.8) is 0 Å². The van der Waals surface area contributed by atoms with E-state index in [-0.39, 0.29) is 6.04 Å². The number of aryl methyl sites for hydroxylation is 1. The molecule has 0 aliphatic rings. The second-order valence-electron chi connectivity index (χ2n) is 7.16. The molecule has 138 valence electrons. The Kier molecular flexibility index (Phi) is 5.24. The lowest BCUT2D eigenvalue weighted by Gasteiger charge is -2.13. The number of benzene rings is 3. The minimum Gasteiger partial charge on any atom is -0.324 e. The van der Waals surface area contributed by atoms with Crippen molar-refractivity contribution in [3.05, 3.63) is 77.9 Å². The normalized spacial score (nSPS) is 12.7. The fraction of sp³-hybridized carbons (Fsp3) is 0.250. The van der Waals surface area contributed by atoms with Crippen molar-refractivity contribution in [1.29, 1.82) is 0 Å². The predicted molar refractivity (Wildman–Crippen MR) is 120 cm³/mol. The molecule has 0 fully saturated rings. The second kappa shape index (κ2) is 7.79. The first-order valence-electron chi connectivity index (χ1n) is 9.71. The molecule has 0 aliphatic heterocycles. The molecule has 2 nitrogen and oxygen atoms in total. The van der Waals surface area contributed by atoms with Gasteiger partial charge in [-0.2, -0.15) is 12.6 Å². The van der Waals surface area contributed by atoms with Crippen LogP contribution in [0, 0.1) is 0 Å². The van der Waals surface area contributed by atoms with Crippen molar-refractivity contribution in [3.8, 4) is 5.69 Å². The first kappa shape index (κ1) is 18.1. The maximum absolute atomic E-state index is 6.29. The van der Waals surface area contributed by atoms with E-state index >= 15 is 0 Å². The maximum Gasteiger partial charge on any atom is 0.0541 e. The zero-order valence-electron chi connectivity index (χ0n) is 15.7. The van der Waals surface area contributed by atoms with Crippen LogP contribution in [0.4, 0.5) is 0 Å². The van der Waals surface area contributed by atoms with Gasteiger partial charge in [0.2, 0.25) is 0 Å². The molecule has 0 bridgehead atoms. The lowest BCUT2D eigenvalue weighted by molar-refractivity contribution is 0.638. The molecule has 3 aromatic carbocycles. The molecule has 0 amide bonds. The van der Waals surface area contributed by atoms with Gasteiger partial charge in [0, 0.05) is 22.5 Å². The molecule has 2 N–H and O–H groups in total. The van der Waals surface area contributed by atoms with Gasteiger partial charge >= 0.3 is 0 Å². The number of rotatable bonds is 6. The summed E-state index contributed by atoms with van der Waals surface area (Å²) in [5.74, 6) is 0.865. The van der Waals surface area contributed by atoms with Crippen LogP contribution in [0.5, 0.6) is 0 Å². The highest BCUT2D eigenvalue weighted by Gasteiger charge is 2.13. The van der Waals surface area contributed by atoms with E-state index in [2.05, 4.69) is 90.8 Å². The third-order valence-electron chi connectivity index (χ3n) is 5.32. The average molecular weight is 375 g/mol. The topological polar surface area (TPSA) is 30.9 Å². The standard InChI is InChI=1S/C24H26N2S/c1-2-5-22(25)18-9-11-19(12-10-18)26-23-7-4-3-6-20(23)21-16-17(14-15-27)8-13-24(21)26/h3-4,6-13,16,22,27H,2,5,14-15,25H2,1H3. The summed E-state index contributed by atoms with van der Waals surface area (Å²) < 4.78 is 2.35. The van der Waals surface area contributed by atoms with Crippen molar-refractivity contribution >= 4 is 34.4 Å². The van der Waals surface area contributed by atoms with Crippen LogP contribution in [0.15, 0.2) is 66.7 Å². The van der Waals surface area contributed by atoms with E-state index < -0.39 is 0 Å². The summed E-state index contributed by atoms with van der Waals surface area (Å²) in [5.41, 5.74) is 12.5. The molecule has 0 saturated heterocycles. The molecule has 4 aromatic rings. The second-order valence-corrected chi connectivity index (χ2v) is 7.61. The summed E-state index contributed by atoms with van der Waals surface area (Å²) in [6.45, 7) is 2.17. The lowest BCUT2D eigenvalue weighted by atomic mass is 10.0. The Morgan fingerprint density at radius 3 is 2.41 bits per heavy atom. The summed E-state index contributed by atoms with van der Waals surface area (Å²) >= 11 is 4.39. The summed E-state index contributed by atoms with van der Waals surface area (Å²) in [6, 6.07) is 24.3. The molecule has 1 atom stereocenters. The number of fused-ring (bicyclic) bond motifs is 3. The highest BCUT2D eigenvalue weighted by molar-refractivity contribution is 7.80. The molecule has 0 aliphatic carbocycles. The molecule has 0 saturated carbocycles. The number of thiol groups is 1. The molecular weight excluding hydrogens is 348 g/mol. The van der Waals surface area contributed by atoms with Crippen molar-refractivity contribution in [1.82, 2.24) is 4.57 Å². The maximum atomic E-state index is 6.29. The molecule has 3 heteroatoms. The van der Waals surface area contributed by atoms with Crippen LogP contribution < -0.4 is 5.73 Å². The summed E-state index contributed by atoms with van der Waals surface area (Å²) in [4.78, 5) is 0. The van der Waals surface area contributed by atoms with Gasteiger partial charge in [0.05, 0.1) is 11.0 Å². The van der Waals surface area contributed by atoms with Crippen LogP contribution >= 0.6 is 12.6 Å². The monoisotopic (exact) mass is 374 g/mol. The van der Waals surface area contributed by atoms with Crippen LogP contribution in [0.1, 0.15) is 36.9 Å². The summed E-state index contributed by atoms with van der Waals surface area (Å²) in [7, 11) is 0. The van der Waals surface area contributed by atoms with Gasteiger partial charge in [0.1, 0.15) is 0 Å². The SMILES string of the molecule is CCCC(N)c1ccc(-n2c3ccccc3c3cc(CCS)ccc32)cc1. The lowest BCUT2D eigenvalue weighted by Crippen LogP contribution is -2.09. The van der Waals surface area contributed by atoms with Crippen molar-refractivity contribution in [2.75, 3.05) is 5.75 Å². The van der Waals surface area contributed by atoms with Gasteiger partial charge in [0.15, 0.2) is 0 Å². The molecule has 1 unspecified atom stereocenters. The van der Waals surface area contributed by atoms with Gasteiger partial charge in [-0.3, -0.25) is 0 Å². The minimum atomic E-state index is 0.117. The summed E-state index contributed by atoms with van der Waals surface area (Å²) in [6.07, 6.45) is 3.11. The van der Waals surface area contributed by atoms with Gasteiger partial charge in [-0.15, -0.1) is 0 Å². The van der Waals surface area contributed by atoms with E-state index in [9.17, 15) is 0 Å². The van der Waals surface area contributed by atoms with Crippen molar-refractivity contribution in [2.45, 2.75) is 32.2 Å². The van der Waals surface area contributed by atoms with E-state index in [1.54, 1.807) is 0 Å². The molecule has 1 heterocycles. The number of nitrogens with two attached hydrogens (primary N) is 1. The van der Waals surface area contributed by atoms with Crippen molar-refractivity contribution in [2.24, 2.45) is 5.73 Å². The molecule has 0 radical (unpaired) electrons. The third kappa shape index (κ3) is 3.38. The number of aromatic nitrogens is 1. The molecular formula is C24H26N2S. The smallest absolute Gasteiger partial charge is 0.0541 e. The Morgan fingerprint density at radius 2 is 1.67 bits per heavy atom. The Hall–Kier alpha value is -2.23. The molecule has 0 spiro atoms. The summed E-state index contributed by atoms with van der Waals surface area (Å²) in [5, 5.41) is 2.59.